The highest BCUT2D eigenvalue weighted by atomic mass is 19.1. The molecule has 1 fully saturated rings. The number of rotatable bonds is 2. The minimum absolute atomic E-state index is 0.0840. The van der Waals surface area contributed by atoms with Crippen LogP contribution in [-0.4, -0.2) is 51.6 Å². The van der Waals surface area contributed by atoms with Crippen molar-refractivity contribution < 1.29 is 9.18 Å². The molecule has 0 unspecified atom stereocenters. The number of nitrogens with zero attached hydrogens (tertiary/aromatic N) is 5. The molecule has 3 heterocycles. The Bertz CT molecular complexity index is 885. The first-order chi connectivity index (χ1) is 11.7. The average molecular weight is 325 g/mol. The van der Waals surface area contributed by atoms with E-state index in [1.807, 2.05) is 11.0 Å². The van der Waals surface area contributed by atoms with Crippen LogP contribution in [0.15, 0.2) is 48.8 Å². The number of carbonyl (C=O) groups excluding carboxylic acids is 1. The highest BCUT2D eigenvalue weighted by molar-refractivity contribution is 5.93. The topological polar surface area (TPSA) is 53.7 Å². The molecule has 6 nitrogen and oxygen atoms in total. The summed E-state index contributed by atoms with van der Waals surface area (Å²) in [5, 5.41) is 4.16. The maximum absolute atomic E-state index is 13.9. The highest BCUT2D eigenvalue weighted by Crippen LogP contribution is 2.20. The number of halogens is 1. The Hall–Kier alpha value is -2.96. The molecule has 1 amide bonds. The van der Waals surface area contributed by atoms with E-state index in [0.717, 1.165) is 0 Å². The van der Waals surface area contributed by atoms with Crippen molar-refractivity contribution in [1.29, 1.82) is 0 Å². The Balaban J connectivity index is 1.51. The monoisotopic (exact) mass is 325 g/mol. The Morgan fingerprint density at radius 2 is 1.79 bits per heavy atom. The van der Waals surface area contributed by atoms with Gasteiger partial charge in [0.25, 0.3) is 5.91 Å². The van der Waals surface area contributed by atoms with E-state index in [2.05, 4.69) is 10.1 Å². The van der Waals surface area contributed by atoms with E-state index in [1.54, 1.807) is 46.1 Å². The largest absolute Gasteiger partial charge is 0.366 e. The van der Waals surface area contributed by atoms with E-state index in [-0.39, 0.29) is 11.7 Å². The lowest BCUT2D eigenvalue weighted by atomic mass is 10.2. The van der Waals surface area contributed by atoms with Gasteiger partial charge in [0.15, 0.2) is 5.65 Å². The molecular formula is C17H16FN5O. The molecular weight excluding hydrogens is 309 g/mol. The molecule has 0 bridgehead atoms. The first-order valence-electron chi connectivity index (χ1n) is 7.81. The summed E-state index contributed by atoms with van der Waals surface area (Å²) in [6, 6.07) is 10.2. The number of hydrogen-bond donors (Lipinski definition) is 0. The predicted molar refractivity (Wildman–Crippen MR) is 87.5 cm³/mol. The van der Waals surface area contributed by atoms with Crippen LogP contribution in [-0.2, 0) is 0 Å². The number of amides is 1. The van der Waals surface area contributed by atoms with Crippen LogP contribution in [0.2, 0.25) is 0 Å². The van der Waals surface area contributed by atoms with E-state index in [0.29, 0.717) is 43.2 Å². The zero-order valence-corrected chi connectivity index (χ0v) is 13.0. The van der Waals surface area contributed by atoms with E-state index < -0.39 is 0 Å². The molecule has 0 atom stereocenters. The zero-order valence-electron chi connectivity index (χ0n) is 13.0. The fraction of sp³-hybridized carbons (Fsp3) is 0.235. The molecule has 0 spiro atoms. The summed E-state index contributed by atoms with van der Waals surface area (Å²) in [5.41, 5.74) is 1.72. The normalized spacial score (nSPS) is 15.0. The van der Waals surface area contributed by atoms with Crippen molar-refractivity contribution in [2.45, 2.75) is 0 Å². The van der Waals surface area contributed by atoms with Gasteiger partial charge in [-0.3, -0.25) is 4.79 Å². The van der Waals surface area contributed by atoms with Crippen LogP contribution >= 0.6 is 0 Å². The summed E-state index contributed by atoms with van der Waals surface area (Å²) in [6.45, 7) is 2.27. The maximum atomic E-state index is 13.9. The van der Waals surface area contributed by atoms with Crippen molar-refractivity contribution in [1.82, 2.24) is 19.5 Å². The summed E-state index contributed by atoms with van der Waals surface area (Å²) in [6.07, 6.45) is 3.23. The molecule has 7 heteroatoms. The highest BCUT2D eigenvalue weighted by Gasteiger charge is 2.25. The van der Waals surface area contributed by atoms with Gasteiger partial charge in [-0.2, -0.15) is 5.10 Å². The summed E-state index contributed by atoms with van der Waals surface area (Å²) in [4.78, 5) is 20.7. The molecule has 0 saturated carbocycles. The Kier molecular flexibility index (Phi) is 3.60. The molecule has 1 aliphatic heterocycles. The maximum Gasteiger partial charge on any atom is 0.272 e. The third kappa shape index (κ3) is 2.47. The lowest BCUT2D eigenvalue weighted by molar-refractivity contribution is 0.0737. The van der Waals surface area contributed by atoms with Gasteiger partial charge in [-0.05, 0) is 18.2 Å². The second-order valence-electron chi connectivity index (χ2n) is 5.66. The number of anilines is 1. The Morgan fingerprint density at radius 3 is 2.58 bits per heavy atom. The van der Waals surface area contributed by atoms with Gasteiger partial charge in [0.1, 0.15) is 11.5 Å². The van der Waals surface area contributed by atoms with E-state index in [1.165, 1.54) is 6.07 Å². The van der Waals surface area contributed by atoms with Crippen LogP contribution < -0.4 is 4.90 Å². The zero-order chi connectivity index (χ0) is 16.5. The molecule has 1 saturated heterocycles. The number of fused-ring (bicyclic) bond motifs is 1. The predicted octanol–water partition coefficient (Wildman–Crippen LogP) is 1.83. The van der Waals surface area contributed by atoms with Gasteiger partial charge in [-0.15, -0.1) is 0 Å². The third-order valence-corrected chi connectivity index (χ3v) is 4.27. The molecule has 24 heavy (non-hydrogen) atoms. The number of aromatic nitrogens is 3. The van der Waals surface area contributed by atoms with Crippen molar-refractivity contribution in [2.24, 2.45) is 0 Å². The van der Waals surface area contributed by atoms with Gasteiger partial charge in [-0.1, -0.05) is 12.1 Å². The molecule has 0 N–H and O–H groups in total. The van der Waals surface area contributed by atoms with E-state index >= 15 is 0 Å². The smallest absolute Gasteiger partial charge is 0.272 e. The minimum Gasteiger partial charge on any atom is -0.366 e. The number of hydrogen-bond acceptors (Lipinski definition) is 4. The van der Waals surface area contributed by atoms with Gasteiger partial charge < -0.3 is 9.80 Å². The second-order valence-corrected chi connectivity index (χ2v) is 5.66. The fourth-order valence-electron chi connectivity index (χ4n) is 3.02. The Labute approximate surface area is 138 Å². The summed E-state index contributed by atoms with van der Waals surface area (Å²) >= 11 is 0. The Morgan fingerprint density at radius 1 is 1.00 bits per heavy atom. The van der Waals surface area contributed by atoms with E-state index in [9.17, 15) is 9.18 Å². The SMILES string of the molecule is O=C(c1ccnc2ccnn12)N1CCN(c2ccccc2F)CC1. The fourth-order valence-corrected chi connectivity index (χ4v) is 3.02. The van der Waals surface area contributed by atoms with E-state index in [4.69, 9.17) is 0 Å². The molecule has 1 aliphatic rings. The van der Waals surface area contributed by atoms with Crippen LogP contribution in [0.25, 0.3) is 5.65 Å². The minimum atomic E-state index is -0.232. The van der Waals surface area contributed by atoms with Crippen molar-refractivity contribution in [3.8, 4) is 0 Å². The standard InChI is InChI=1S/C17H16FN5O/c18-13-3-1-2-4-14(13)21-9-11-22(12-10-21)17(24)15-5-7-19-16-6-8-20-23(15)16/h1-8H,9-12H2. The van der Waals surface area contributed by atoms with Gasteiger partial charge in [0.05, 0.1) is 11.9 Å². The molecule has 1 aromatic carbocycles. The molecule has 0 radical (unpaired) electrons. The first-order valence-corrected chi connectivity index (χ1v) is 7.81. The molecule has 2 aromatic heterocycles. The van der Waals surface area contributed by atoms with Crippen molar-refractivity contribution >= 4 is 17.2 Å². The van der Waals surface area contributed by atoms with Crippen LogP contribution in [0, 0.1) is 5.82 Å². The van der Waals surface area contributed by atoms with Gasteiger partial charge in [-0.25, -0.2) is 13.9 Å². The lowest BCUT2D eigenvalue weighted by Crippen LogP contribution is -2.49. The second kappa shape index (κ2) is 5.92. The number of benzene rings is 1. The first kappa shape index (κ1) is 14.6. The van der Waals surface area contributed by atoms with Crippen molar-refractivity contribution in [3.63, 3.8) is 0 Å². The molecule has 0 aliphatic carbocycles. The quantitative estimate of drug-likeness (QED) is 0.721. The van der Waals surface area contributed by atoms with Gasteiger partial charge >= 0.3 is 0 Å². The lowest BCUT2D eigenvalue weighted by Gasteiger charge is -2.36. The van der Waals surface area contributed by atoms with Crippen LogP contribution in [0.1, 0.15) is 10.5 Å². The van der Waals surface area contributed by atoms with Crippen LogP contribution in [0.3, 0.4) is 0 Å². The molecule has 3 aromatic rings. The molecule has 122 valence electrons. The summed E-state index contributed by atoms with van der Waals surface area (Å²) < 4.78 is 15.4. The van der Waals surface area contributed by atoms with Crippen molar-refractivity contribution in [2.75, 3.05) is 31.1 Å². The summed E-state index contributed by atoms with van der Waals surface area (Å²) in [7, 11) is 0. The average Bonchev–Trinajstić information content (AvgIpc) is 3.10. The van der Waals surface area contributed by atoms with Crippen LogP contribution in [0.4, 0.5) is 10.1 Å². The summed E-state index contributed by atoms with van der Waals surface area (Å²) in [5.74, 6) is -0.316. The van der Waals surface area contributed by atoms with Gasteiger partial charge in [0, 0.05) is 38.4 Å². The third-order valence-electron chi connectivity index (χ3n) is 4.27. The van der Waals surface area contributed by atoms with Crippen molar-refractivity contribution in [3.05, 3.63) is 60.3 Å². The number of carbonyl (C=O) groups is 1. The number of para-hydroxylation sites is 1. The van der Waals surface area contributed by atoms with Gasteiger partial charge in [0.2, 0.25) is 0 Å². The van der Waals surface area contributed by atoms with Crippen LogP contribution in [0.5, 0.6) is 0 Å². The molecule has 4 rings (SSSR count). The number of piperazine rings is 1.